The van der Waals surface area contributed by atoms with Gasteiger partial charge in [0.15, 0.2) is 5.78 Å². The topological polar surface area (TPSA) is 54.9 Å². The van der Waals surface area contributed by atoms with Crippen LogP contribution in [0, 0.1) is 0 Å². The molecule has 0 unspecified atom stereocenters. The quantitative estimate of drug-likeness (QED) is 0.684. The number of carbonyl (C=O) groups excluding carboxylic acids is 1. The number of carbonyl (C=O) groups is 1. The van der Waals surface area contributed by atoms with Crippen molar-refractivity contribution in [3.63, 3.8) is 0 Å². The number of hydrogen-bond acceptors (Lipinski definition) is 2. The van der Waals surface area contributed by atoms with Crippen molar-refractivity contribution >= 4 is 16.7 Å². The first-order valence-electron chi connectivity index (χ1n) is 4.30. The lowest BCUT2D eigenvalue weighted by atomic mass is 10.1. The summed E-state index contributed by atoms with van der Waals surface area (Å²) in [5.74, 6) is -0.0440. The van der Waals surface area contributed by atoms with Crippen molar-refractivity contribution in [1.82, 2.24) is 9.78 Å². The van der Waals surface area contributed by atoms with Gasteiger partial charge in [0.1, 0.15) is 0 Å². The Morgan fingerprint density at radius 3 is 2.79 bits per heavy atom. The van der Waals surface area contributed by atoms with Crippen LogP contribution in [0.4, 0.5) is 0 Å². The van der Waals surface area contributed by atoms with Gasteiger partial charge in [0.25, 0.3) is 5.56 Å². The predicted molar refractivity (Wildman–Crippen MR) is 53.5 cm³/mol. The maximum absolute atomic E-state index is 11.5. The average molecular weight is 190 g/mol. The van der Waals surface area contributed by atoms with Crippen LogP contribution >= 0.6 is 0 Å². The molecule has 4 heteroatoms. The van der Waals surface area contributed by atoms with Gasteiger partial charge in [-0.15, -0.1) is 0 Å². The maximum atomic E-state index is 11.5. The molecule has 0 amide bonds. The molecule has 1 N–H and O–H groups in total. The van der Waals surface area contributed by atoms with E-state index in [1.54, 1.807) is 25.2 Å². The number of fused-ring (bicyclic) bond motifs is 1. The number of ketones is 1. The predicted octanol–water partition coefficient (Wildman–Crippen LogP) is 1.07. The van der Waals surface area contributed by atoms with Gasteiger partial charge in [-0.2, -0.15) is 0 Å². The molecule has 0 bridgehead atoms. The molecule has 72 valence electrons. The smallest absolute Gasteiger partial charge is 0.274 e. The van der Waals surface area contributed by atoms with Gasteiger partial charge in [0.2, 0.25) is 0 Å². The van der Waals surface area contributed by atoms with Crippen molar-refractivity contribution in [3.05, 3.63) is 34.1 Å². The third-order valence-corrected chi connectivity index (χ3v) is 2.26. The maximum Gasteiger partial charge on any atom is 0.274 e. The van der Waals surface area contributed by atoms with Crippen LogP contribution < -0.4 is 5.56 Å². The van der Waals surface area contributed by atoms with Crippen molar-refractivity contribution in [1.29, 1.82) is 0 Å². The fraction of sp³-hybridized carbons (Fsp3) is 0.200. The molecule has 1 aromatic carbocycles. The first kappa shape index (κ1) is 8.74. The Hall–Kier alpha value is -1.84. The first-order chi connectivity index (χ1) is 6.61. The third kappa shape index (κ3) is 1.08. The zero-order valence-corrected chi connectivity index (χ0v) is 8.00. The van der Waals surface area contributed by atoms with Crippen molar-refractivity contribution in [2.45, 2.75) is 6.92 Å². The molecule has 14 heavy (non-hydrogen) atoms. The van der Waals surface area contributed by atoms with E-state index < -0.39 is 0 Å². The molecule has 0 aliphatic heterocycles. The average Bonchev–Trinajstić information content (AvgIpc) is 2.43. The van der Waals surface area contributed by atoms with Crippen LogP contribution in [0.5, 0.6) is 0 Å². The van der Waals surface area contributed by atoms with E-state index in [1.807, 2.05) is 0 Å². The van der Waals surface area contributed by atoms with Gasteiger partial charge in [-0.3, -0.25) is 19.4 Å². The van der Waals surface area contributed by atoms with Crippen LogP contribution in [-0.4, -0.2) is 15.6 Å². The molecule has 0 radical (unpaired) electrons. The fourth-order valence-corrected chi connectivity index (χ4v) is 1.54. The van der Waals surface area contributed by atoms with Crippen molar-refractivity contribution in [2.24, 2.45) is 7.05 Å². The molecule has 0 spiro atoms. The highest BCUT2D eigenvalue weighted by Gasteiger charge is 2.10. The second-order valence-corrected chi connectivity index (χ2v) is 3.26. The van der Waals surface area contributed by atoms with Gasteiger partial charge in [0, 0.05) is 12.6 Å². The van der Waals surface area contributed by atoms with Gasteiger partial charge in [-0.05, 0) is 19.1 Å². The molecule has 0 saturated heterocycles. The van der Waals surface area contributed by atoms with Crippen molar-refractivity contribution < 1.29 is 4.79 Å². The molecular formula is C10H10N2O2. The number of para-hydroxylation sites is 1. The van der Waals surface area contributed by atoms with E-state index in [0.29, 0.717) is 16.5 Å². The zero-order valence-electron chi connectivity index (χ0n) is 8.00. The summed E-state index contributed by atoms with van der Waals surface area (Å²) in [7, 11) is 1.63. The summed E-state index contributed by atoms with van der Waals surface area (Å²) in [6.07, 6.45) is 0. The molecule has 0 aliphatic carbocycles. The minimum atomic E-state index is -0.108. The summed E-state index contributed by atoms with van der Waals surface area (Å²) in [5, 5.41) is 3.42. The Morgan fingerprint density at radius 2 is 2.14 bits per heavy atom. The van der Waals surface area contributed by atoms with Crippen LogP contribution in [0.1, 0.15) is 17.3 Å². The van der Waals surface area contributed by atoms with Crippen LogP contribution in [0.25, 0.3) is 10.9 Å². The monoisotopic (exact) mass is 190 g/mol. The summed E-state index contributed by atoms with van der Waals surface area (Å²) in [5.41, 5.74) is 1.07. The van der Waals surface area contributed by atoms with Crippen LogP contribution in [-0.2, 0) is 7.05 Å². The molecule has 1 aromatic heterocycles. The van der Waals surface area contributed by atoms with Gasteiger partial charge in [-0.1, -0.05) is 6.07 Å². The number of rotatable bonds is 1. The molecule has 2 aromatic rings. The highest BCUT2D eigenvalue weighted by molar-refractivity contribution is 6.05. The van der Waals surface area contributed by atoms with Gasteiger partial charge >= 0.3 is 0 Å². The highest BCUT2D eigenvalue weighted by atomic mass is 16.1. The molecule has 0 atom stereocenters. The Bertz CT molecular complexity index is 563. The van der Waals surface area contributed by atoms with E-state index in [1.165, 1.54) is 11.6 Å². The third-order valence-electron chi connectivity index (χ3n) is 2.26. The van der Waals surface area contributed by atoms with Crippen molar-refractivity contribution in [3.8, 4) is 0 Å². The standard InChI is InChI=1S/C10H10N2O2/c1-6(13)7-4-3-5-8-9(7)11-12(2)10(8)14/h3-5,11H,1-2H3. The van der Waals surface area contributed by atoms with Crippen molar-refractivity contribution in [2.75, 3.05) is 0 Å². The lowest BCUT2D eigenvalue weighted by Crippen LogP contribution is -2.10. The number of aromatic nitrogens is 2. The van der Waals surface area contributed by atoms with E-state index in [9.17, 15) is 9.59 Å². The second kappa shape index (κ2) is 2.83. The summed E-state index contributed by atoms with van der Waals surface area (Å²) in [6, 6.07) is 5.13. The summed E-state index contributed by atoms with van der Waals surface area (Å²) in [4.78, 5) is 22.8. The van der Waals surface area contributed by atoms with E-state index in [4.69, 9.17) is 0 Å². The fourth-order valence-electron chi connectivity index (χ4n) is 1.54. The minimum Gasteiger partial charge on any atom is -0.294 e. The van der Waals surface area contributed by atoms with Gasteiger partial charge in [0.05, 0.1) is 10.9 Å². The Balaban J connectivity index is 2.95. The van der Waals surface area contributed by atoms with E-state index in [0.717, 1.165) is 0 Å². The summed E-state index contributed by atoms with van der Waals surface area (Å²) < 4.78 is 1.37. The zero-order chi connectivity index (χ0) is 10.3. The summed E-state index contributed by atoms with van der Waals surface area (Å²) >= 11 is 0. The van der Waals surface area contributed by atoms with Crippen LogP contribution in [0.15, 0.2) is 23.0 Å². The number of H-pyrrole nitrogens is 1. The highest BCUT2D eigenvalue weighted by Crippen LogP contribution is 2.13. The Morgan fingerprint density at radius 1 is 1.43 bits per heavy atom. The summed E-state index contributed by atoms with van der Waals surface area (Å²) in [6.45, 7) is 1.49. The van der Waals surface area contributed by atoms with Crippen LogP contribution in [0.2, 0.25) is 0 Å². The lowest BCUT2D eigenvalue weighted by molar-refractivity contribution is 0.101. The minimum absolute atomic E-state index is 0.0440. The lowest BCUT2D eigenvalue weighted by Gasteiger charge is -1.95. The number of Topliss-reactive ketones (excluding diaryl/α,β-unsaturated/α-hetero) is 1. The van der Waals surface area contributed by atoms with Gasteiger partial charge < -0.3 is 0 Å². The van der Waals surface area contributed by atoms with E-state index in [2.05, 4.69) is 5.10 Å². The molecule has 0 saturated carbocycles. The molecular weight excluding hydrogens is 180 g/mol. The second-order valence-electron chi connectivity index (χ2n) is 3.26. The molecule has 4 nitrogen and oxygen atoms in total. The number of nitrogens with zero attached hydrogens (tertiary/aromatic N) is 1. The van der Waals surface area contributed by atoms with E-state index in [-0.39, 0.29) is 11.3 Å². The van der Waals surface area contributed by atoms with Crippen LogP contribution in [0.3, 0.4) is 0 Å². The van der Waals surface area contributed by atoms with E-state index >= 15 is 0 Å². The SMILES string of the molecule is CC(=O)c1cccc2c(=O)n(C)[nH]c12. The number of nitrogens with one attached hydrogen (secondary N) is 1. The Kier molecular flexibility index (Phi) is 1.77. The molecule has 1 heterocycles. The molecule has 2 rings (SSSR count). The number of hydrogen-bond donors (Lipinski definition) is 1. The Labute approximate surface area is 80.1 Å². The molecule has 0 fully saturated rings. The first-order valence-corrected chi connectivity index (χ1v) is 4.30. The normalized spacial score (nSPS) is 10.7. The molecule has 0 aliphatic rings. The number of aromatic amines is 1. The largest absolute Gasteiger partial charge is 0.294 e. The number of benzene rings is 1. The van der Waals surface area contributed by atoms with Gasteiger partial charge in [-0.25, -0.2) is 0 Å². The number of aryl methyl sites for hydroxylation is 1.